The first kappa shape index (κ1) is 13.2. The Balaban J connectivity index is 2.25. The molecule has 1 unspecified atom stereocenters. The fraction of sp³-hybridized carbons (Fsp3) is 0.727. The van der Waals surface area contributed by atoms with Crippen molar-refractivity contribution in [3.63, 3.8) is 0 Å². The fourth-order valence-corrected chi connectivity index (χ4v) is 1.56. The van der Waals surface area contributed by atoms with Crippen LogP contribution in [0.4, 0.5) is 0 Å². The Kier molecular flexibility index (Phi) is 6.07. The number of aliphatic hydroxyl groups excluding tert-OH is 1. The van der Waals surface area contributed by atoms with Gasteiger partial charge in [0.25, 0.3) is 0 Å². The van der Waals surface area contributed by atoms with E-state index in [9.17, 15) is 5.11 Å². The molecular weight excluding hydrogens is 206 g/mol. The number of rotatable bonds is 8. The van der Waals surface area contributed by atoms with E-state index < -0.39 is 6.10 Å². The number of imidazole rings is 1. The van der Waals surface area contributed by atoms with Crippen molar-refractivity contribution in [1.82, 2.24) is 14.9 Å². The highest BCUT2D eigenvalue weighted by molar-refractivity contribution is 4.92. The average Bonchev–Trinajstić information content (AvgIpc) is 2.71. The van der Waals surface area contributed by atoms with E-state index in [2.05, 4.69) is 17.2 Å². The predicted octanol–water partition coefficient (Wildman–Crippen LogP) is 0.0424. The van der Waals surface area contributed by atoms with E-state index >= 15 is 0 Å². The zero-order valence-corrected chi connectivity index (χ0v) is 10.0. The number of hydrogen-bond donors (Lipinski definition) is 2. The number of nitrogens with zero attached hydrogens (tertiary/aromatic N) is 2. The Labute approximate surface area is 96.4 Å². The van der Waals surface area contributed by atoms with Crippen LogP contribution in [-0.2, 0) is 17.7 Å². The first-order chi connectivity index (χ1) is 7.77. The molecule has 1 rings (SSSR count). The van der Waals surface area contributed by atoms with Gasteiger partial charge in [-0.25, -0.2) is 4.98 Å². The molecule has 0 amide bonds. The van der Waals surface area contributed by atoms with Gasteiger partial charge < -0.3 is 19.7 Å². The van der Waals surface area contributed by atoms with Gasteiger partial charge in [-0.05, 0) is 0 Å². The predicted molar refractivity (Wildman–Crippen MR) is 62.4 cm³/mol. The van der Waals surface area contributed by atoms with Crippen LogP contribution in [0.15, 0.2) is 12.4 Å². The minimum absolute atomic E-state index is 0.392. The topological polar surface area (TPSA) is 59.3 Å². The number of ether oxygens (including phenoxy) is 1. The van der Waals surface area contributed by atoms with E-state index in [4.69, 9.17) is 4.74 Å². The van der Waals surface area contributed by atoms with Crippen LogP contribution < -0.4 is 5.32 Å². The summed E-state index contributed by atoms with van der Waals surface area (Å²) in [5.41, 5.74) is 0. The van der Waals surface area contributed by atoms with Crippen molar-refractivity contribution in [2.75, 3.05) is 26.8 Å². The Morgan fingerprint density at radius 2 is 2.44 bits per heavy atom. The van der Waals surface area contributed by atoms with Crippen molar-refractivity contribution in [1.29, 1.82) is 0 Å². The van der Waals surface area contributed by atoms with Gasteiger partial charge in [0, 0.05) is 39.0 Å². The van der Waals surface area contributed by atoms with Crippen molar-refractivity contribution in [2.24, 2.45) is 0 Å². The number of nitrogens with one attached hydrogen (secondary N) is 1. The molecule has 5 nitrogen and oxygen atoms in total. The Morgan fingerprint density at radius 3 is 3.12 bits per heavy atom. The van der Waals surface area contributed by atoms with E-state index in [-0.39, 0.29) is 0 Å². The molecule has 0 spiro atoms. The number of methoxy groups -OCH3 is 1. The van der Waals surface area contributed by atoms with Gasteiger partial charge in [-0.3, -0.25) is 0 Å². The summed E-state index contributed by atoms with van der Waals surface area (Å²) in [6.45, 7) is 4.64. The molecule has 1 aromatic heterocycles. The van der Waals surface area contributed by atoms with E-state index in [0.29, 0.717) is 19.7 Å². The van der Waals surface area contributed by atoms with Crippen LogP contribution in [0, 0.1) is 0 Å². The summed E-state index contributed by atoms with van der Waals surface area (Å²) in [6, 6.07) is 0. The third kappa shape index (κ3) is 4.30. The lowest BCUT2D eigenvalue weighted by Gasteiger charge is -2.13. The summed E-state index contributed by atoms with van der Waals surface area (Å²) in [7, 11) is 1.66. The summed E-state index contributed by atoms with van der Waals surface area (Å²) in [6.07, 6.45) is 4.16. The second kappa shape index (κ2) is 7.38. The van der Waals surface area contributed by atoms with Gasteiger partial charge in [0.15, 0.2) is 0 Å². The van der Waals surface area contributed by atoms with Gasteiger partial charge in [0.1, 0.15) is 5.82 Å². The van der Waals surface area contributed by atoms with E-state index in [1.807, 2.05) is 10.8 Å². The maximum absolute atomic E-state index is 9.79. The fourth-order valence-electron chi connectivity index (χ4n) is 1.56. The standard InChI is InChI=1S/C11H21N3O2/c1-3-11-13-4-6-14(11)9-10(15)8-12-5-7-16-2/h4,6,10,12,15H,3,5,7-9H2,1-2H3. The Bertz CT molecular complexity index is 289. The number of aliphatic hydroxyl groups is 1. The van der Waals surface area contributed by atoms with E-state index in [0.717, 1.165) is 18.8 Å². The first-order valence-electron chi connectivity index (χ1n) is 5.65. The quantitative estimate of drug-likeness (QED) is 0.616. The van der Waals surface area contributed by atoms with Crippen molar-refractivity contribution in [3.8, 4) is 0 Å². The normalized spacial score (nSPS) is 12.9. The maximum Gasteiger partial charge on any atom is 0.108 e. The van der Waals surface area contributed by atoms with Crippen LogP contribution in [0.2, 0.25) is 0 Å². The Morgan fingerprint density at radius 1 is 1.62 bits per heavy atom. The van der Waals surface area contributed by atoms with E-state index in [1.165, 1.54) is 0 Å². The van der Waals surface area contributed by atoms with Crippen LogP contribution in [-0.4, -0.2) is 47.6 Å². The van der Waals surface area contributed by atoms with Crippen LogP contribution in [0.5, 0.6) is 0 Å². The summed E-state index contributed by atoms with van der Waals surface area (Å²) in [5, 5.41) is 12.9. The molecule has 2 N–H and O–H groups in total. The molecule has 0 fully saturated rings. The first-order valence-corrected chi connectivity index (χ1v) is 5.65. The lowest BCUT2D eigenvalue weighted by atomic mass is 10.3. The summed E-state index contributed by atoms with van der Waals surface area (Å²) in [4.78, 5) is 4.21. The maximum atomic E-state index is 9.79. The molecule has 1 heterocycles. The highest BCUT2D eigenvalue weighted by Gasteiger charge is 2.07. The molecule has 0 radical (unpaired) electrons. The molecule has 92 valence electrons. The molecule has 1 aromatic rings. The minimum Gasteiger partial charge on any atom is -0.390 e. The molecule has 16 heavy (non-hydrogen) atoms. The number of aryl methyl sites for hydroxylation is 1. The Hall–Kier alpha value is -0.910. The molecule has 0 bridgehead atoms. The third-order valence-corrected chi connectivity index (χ3v) is 2.39. The van der Waals surface area contributed by atoms with Gasteiger partial charge in [0.2, 0.25) is 0 Å². The third-order valence-electron chi connectivity index (χ3n) is 2.39. The second-order valence-corrected chi connectivity index (χ2v) is 3.70. The SMILES string of the molecule is CCc1nccn1CC(O)CNCCOC. The smallest absolute Gasteiger partial charge is 0.108 e. The largest absolute Gasteiger partial charge is 0.390 e. The molecule has 0 aliphatic rings. The van der Waals surface area contributed by atoms with Gasteiger partial charge in [-0.1, -0.05) is 6.92 Å². The lowest BCUT2D eigenvalue weighted by Crippen LogP contribution is -2.32. The average molecular weight is 227 g/mol. The van der Waals surface area contributed by atoms with Crippen LogP contribution >= 0.6 is 0 Å². The minimum atomic E-state index is -0.392. The summed E-state index contributed by atoms with van der Waals surface area (Å²) in [5.74, 6) is 1.01. The van der Waals surface area contributed by atoms with Crippen molar-refractivity contribution in [2.45, 2.75) is 26.0 Å². The van der Waals surface area contributed by atoms with Gasteiger partial charge in [-0.2, -0.15) is 0 Å². The molecule has 0 saturated heterocycles. The van der Waals surface area contributed by atoms with Gasteiger partial charge in [-0.15, -0.1) is 0 Å². The van der Waals surface area contributed by atoms with Crippen LogP contribution in [0.3, 0.4) is 0 Å². The molecule has 0 aromatic carbocycles. The van der Waals surface area contributed by atoms with E-state index in [1.54, 1.807) is 13.3 Å². The molecule has 0 aliphatic heterocycles. The van der Waals surface area contributed by atoms with Gasteiger partial charge in [0.05, 0.1) is 19.3 Å². The zero-order chi connectivity index (χ0) is 11.8. The van der Waals surface area contributed by atoms with Crippen LogP contribution in [0.25, 0.3) is 0 Å². The highest BCUT2D eigenvalue weighted by atomic mass is 16.5. The molecule has 0 saturated carbocycles. The molecule has 1 atom stereocenters. The molecular formula is C11H21N3O2. The van der Waals surface area contributed by atoms with Crippen molar-refractivity contribution >= 4 is 0 Å². The molecule has 5 heteroatoms. The van der Waals surface area contributed by atoms with Crippen molar-refractivity contribution < 1.29 is 9.84 Å². The molecule has 0 aliphatic carbocycles. The van der Waals surface area contributed by atoms with Gasteiger partial charge >= 0.3 is 0 Å². The zero-order valence-electron chi connectivity index (χ0n) is 10.0. The second-order valence-electron chi connectivity index (χ2n) is 3.70. The number of hydrogen-bond acceptors (Lipinski definition) is 4. The summed E-state index contributed by atoms with van der Waals surface area (Å²) >= 11 is 0. The summed E-state index contributed by atoms with van der Waals surface area (Å²) < 4.78 is 6.90. The highest BCUT2D eigenvalue weighted by Crippen LogP contribution is 2.00. The van der Waals surface area contributed by atoms with Crippen molar-refractivity contribution in [3.05, 3.63) is 18.2 Å². The number of aromatic nitrogens is 2. The lowest BCUT2D eigenvalue weighted by molar-refractivity contribution is 0.143. The van der Waals surface area contributed by atoms with Crippen LogP contribution in [0.1, 0.15) is 12.7 Å². The monoisotopic (exact) mass is 227 g/mol.